The first-order valence-corrected chi connectivity index (χ1v) is 5.45. The summed E-state index contributed by atoms with van der Waals surface area (Å²) in [5, 5.41) is 8.72. The van der Waals surface area contributed by atoms with Gasteiger partial charge < -0.3 is 5.11 Å². The van der Waals surface area contributed by atoms with E-state index in [1.807, 2.05) is 0 Å². The van der Waals surface area contributed by atoms with Crippen molar-refractivity contribution in [3.63, 3.8) is 0 Å². The summed E-state index contributed by atoms with van der Waals surface area (Å²) in [5.41, 5.74) is 0.190. The minimum Gasteiger partial charge on any atom is -0.393 e. The molecule has 0 bridgehead atoms. The summed E-state index contributed by atoms with van der Waals surface area (Å²) in [6.45, 7) is 8.15. The van der Waals surface area contributed by atoms with Gasteiger partial charge in [0.2, 0.25) is 0 Å². The summed E-state index contributed by atoms with van der Waals surface area (Å²) in [7, 11) is 0. The van der Waals surface area contributed by atoms with Gasteiger partial charge in [-0.25, -0.2) is 4.39 Å². The molecule has 0 amide bonds. The van der Waals surface area contributed by atoms with Crippen molar-refractivity contribution in [3.05, 3.63) is 0 Å². The molecule has 0 radical (unpaired) electrons. The molecular formula is C11H22FNO. The molecular weight excluding hydrogens is 181 g/mol. The van der Waals surface area contributed by atoms with Gasteiger partial charge in [-0.15, -0.1) is 0 Å². The van der Waals surface area contributed by atoms with Crippen molar-refractivity contribution in [2.24, 2.45) is 5.92 Å². The molecule has 0 aromatic heterocycles. The lowest BCUT2D eigenvalue weighted by Gasteiger charge is -2.41. The Labute approximate surface area is 86.1 Å². The van der Waals surface area contributed by atoms with E-state index in [2.05, 4.69) is 25.7 Å². The van der Waals surface area contributed by atoms with E-state index in [0.29, 0.717) is 0 Å². The first kappa shape index (κ1) is 11.9. The molecule has 1 N–H and O–H groups in total. The van der Waals surface area contributed by atoms with Crippen LogP contribution in [0.2, 0.25) is 0 Å². The smallest absolute Gasteiger partial charge is 0.126 e. The molecule has 1 aliphatic heterocycles. The Balaban J connectivity index is 2.39. The molecule has 0 saturated carbocycles. The molecule has 1 rings (SSSR count). The van der Waals surface area contributed by atoms with Gasteiger partial charge in [-0.2, -0.15) is 0 Å². The second-order valence-corrected chi connectivity index (χ2v) is 5.19. The van der Waals surface area contributed by atoms with Crippen molar-refractivity contribution in [2.45, 2.75) is 45.3 Å². The highest BCUT2D eigenvalue weighted by atomic mass is 19.1. The number of aliphatic hydroxyl groups is 1. The molecule has 0 aliphatic carbocycles. The lowest BCUT2D eigenvalue weighted by molar-refractivity contribution is 0.0417. The molecule has 1 saturated heterocycles. The van der Waals surface area contributed by atoms with Gasteiger partial charge in [-0.05, 0) is 52.6 Å². The van der Waals surface area contributed by atoms with Crippen LogP contribution in [-0.2, 0) is 0 Å². The van der Waals surface area contributed by atoms with Gasteiger partial charge in [-0.3, -0.25) is 4.90 Å². The third kappa shape index (κ3) is 2.92. The van der Waals surface area contributed by atoms with Crippen LogP contribution in [0.15, 0.2) is 0 Å². The number of hydrogen-bond acceptors (Lipinski definition) is 2. The number of hydrogen-bond donors (Lipinski definition) is 1. The van der Waals surface area contributed by atoms with Crippen LogP contribution in [0.5, 0.6) is 0 Å². The van der Waals surface area contributed by atoms with Gasteiger partial charge in [0, 0.05) is 5.54 Å². The largest absolute Gasteiger partial charge is 0.393 e. The van der Waals surface area contributed by atoms with Crippen LogP contribution in [0.1, 0.15) is 33.6 Å². The molecule has 84 valence electrons. The molecule has 1 heterocycles. The molecule has 1 unspecified atom stereocenters. The van der Waals surface area contributed by atoms with Crippen molar-refractivity contribution in [2.75, 3.05) is 19.7 Å². The Morgan fingerprint density at radius 2 is 1.86 bits per heavy atom. The Morgan fingerprint density at radius 3 is 2.21 bits per heavy atom. The van der Waals surface area contributed by atoms with E-state index < -0.39 is 6.17 Å². The second kappa shape index (κ2) is 4.58. The average molecular weight is 203 g/mol. The van der Waals surface area contributed by atoms with E-state index in [1.165, 1.54) is 0 Å². The van der Waals surface area contributed by atoms with Crippen molar-refractivity contribution in [1.29, 1.82) is 0 Å². The van der Waals surface area contributed by atoms with E-state index >= 15 is 0 Å². The van der Waals surface area contributed by atoms with Crippen molar-refractivity contribution < 1.29 is 9.50 Å². The number of halogens is 1. The van der Waals surface area contributed by atoms with Crippen LogP contribution in [0.4, 0.5) is 4.39 Å². The lowest BCUT2D eigenvalue weighted by atomic mass is 9.90. The molecule has 1 atom stereocenters. The molecule has 0 spiro atoms. The molecule has 1 fully saturated rings. The number of rotatable bonds is 2. The number of nitrogens with zero attached hydrogens (tertiary/aromatic N) is 1. The molecule has 3 heteroatoms. The van der Waals surface area contributed by atoms with Crippen molar-refractivity contribution in [1.82, 2.24) is 4.90 Å². The van der Waals surface area contributed by atoms with Crippen LogP contribution in [0.25, 0.3) is 0 Å². The number of aliphatic hydroxyl groups excluding tert-OH is 1. The standard InChI is InChI=1S/C11H22FNO/c1-11(2,3)13-6-4-9(5-7-13)10(12)8-14/h9-10,14H,4-8H2,1-3H3. The van der Waals surface area contributed by atoms with Crippen molar-refractivity contribution in [3.8, 4) is 0 Å². The zero-order chi connectivity index (χ0) is 10.8. The van der Waals surface area contributed by atoms with Gasteiger partial charge in [0.1, 0.15) is 6.17 Å². The zero-order valence-corrected chi connectivity index (χ0v) is 9.46. The zero-order valence-electron chi connectivity index (χ0n) is 9.46. The quantitative estimate of drug-likeness (QED) is 0.740. The summed E-state index contributed by atoms with van der Waals surface area (Å²) in [4.78, 5) is 2.38. The van der Waals surface area contributed by atoms with Gasteiger partial charge in [0.05, 0.1) is 6.61 Å². The Bertz CT molecular complexity index is 171. The minimum absolute atomic E-state index is 0.0681. The van der Waals surface area contributed by atoms with Crippen LogP contribution >= 0.6 is 0 Å². The molecule has 0 aromatic carbocycles. The topological polar surface area (TPSA) is 23.5 Å². The monoisotopic (exact) mass is 203 g/mol. The van der Waals surface area contributed by atoms with Gasteiger partial charge in [0.15, 0.2) is 0 Å². The van der Waals surface area contributed by atoms with Crippen molar-refractivity contribution >= 4 is 0 Å². The fraction of sp³-hybridized carbons (Fsp3) is 1.00. The summed E-state index contributed by atoms with van der Waals surface area (Å²) in [5.74, 6) is 0.0681. The van der Waals surface area contributed by atoms with E-state index in [9.17, 15) is 4.39 Å². The lowest BCUT2D eigenvalue weighted by Crippen LogP contribution is -2.47. The third-order valence-corrected chi connectivity index (χ3v) is 3.17. The highest BCUT2D eigenvalue weighted by Crippen LogP contribution is 2.26. The highest BCUT2D eigenvalue weighted by Gasteiger charge is 2.30. The Hall–Kier alpha value is -0.150. The number of alkyl halides is 1. The molecule has 2 nitrogen and oxygen atoms in total. The second-order valence-electron chi connectivity index (χ2n) is 5.19. The maximum Gasteiger partial charge on any atom is 0.126 e. The van der Waals surface area contributed by atoms with E-state index in [-0.39, 0.29) is 18.1 Å². The molecule has 0 aromatic rings. The average Bonchev–Trinajstić information content (AvgIpc) is 2.15. The summed E-state index contributed by atoms with van der Waals surface area (Å²) in [6, 6.07) is 0. The normalized spacial score (nSPS) is 23.8. The fourth-order valence-electron chi connectivity index (χ4n) is 2.08. The summed E-state index contributed by atoms with van der Waals surface area (Å²) in [6.07, 6.45) is 0.731. The number of likely N-dealkylation sites (tertiary alicyclic amines) is 1. The van der Waals surface area contributed by atoms with Crippen LogP contribution < -0.4 is 0 Å². The van der Waals surface area contributed by atoms with Crippen LogP contribution in [0, 0.1) is 5.92 Å². The maximum absolute atomic E-state index is 13.2. The minimum atomic E-state index is -1.02. The highest BCUT2D eigenvalue weighted by molar-refractivity contribution is 4.83. The maximum atomic E-state index is 13.2. The Morgan fingerprint density at radius 1 is 1.36 bits per heavy atom. The van der Waals surface area contributed by atoms with Crippen LogP contribution in [0.3, 0.4) is 0 Å². The van der Waals surface area contributed by atoms with Gasteiger partial charge in [0.25, 0.3) is 0 Å². The van der Waals surface area contributed by atoms with E-state index in [0.717, 1.165) is 25.9 Å². The van der Waals surface area contributed by atoms with E-state index in [4.69, 9.17) is 5.11 Å². The Kier molecular flexibility index (Phi) is 3.90. The SMILES string of the molecule is CC(C)(C)N1CCC(C(F)CO)CC1. The molecule has 1 aliphatic rings. The first-order valence-electron chi connectivity index (χ1n) is 5.45. The predicted octanol–water partition coefficient (Wildman–Crippen LogP) is 1.83. The predicted molar refractivity (Wildman–Crippen MR) is 56.0 cm³/mol. The van der Waals surface area contributed by atoms with Gasteiger partial charge >= 0.3 is 0 Å². The van der Waals surface area contributed by atoms with Crippen LogP contribution in [-0.4, -0.2) is 41.4 Å². The third-order valence-electron chi connectivity index (χ3n) is 3.17. The first-order chi connectivity index (χ1) is 6.45. The van der Waals surface area contributed by atoms with Gasteiger partial charge in [-0.1, -0.05) is 0 Å². The van der Waals surface area contributed by atoms with E-state index in [1.54, 1.807) is 0 Å². The number of piperidine rings is 1. The molecule has 14 heavy (non-hydrogen) atoms. The summed E-state index contributed by atoms with van der Waals surface area (Å²) < 4.78 is 13.2. The fourth-order valence-corrected chi connectivity index (χ4v) is 2.08. The summed E-state index contributed by atoms with van der Waals surface area (Å²) >= 11 is 0.